The number of aromatic hydroxyl groups is 1. The van der Waals surface area contributed by atoms with Crippen LogP contribution < -0.4 is 10.5 Å². The summed E-state index contributed by atoms with van der Waals surface area (Å²) < 4.78 is 5.79. The molecule has 28 heavy (non-hydrogen) atoms. The van der Waals surface area contributed by atoms with Gasteiger partial charge in [0.15, 0.2) is 17.3 Å². The van der Waals surface area contributed by atoms with Gasteiger partial charge in [-0.15, -0.1) is 6.58 Å². The normalized spacial score (nSPS) is 12.3. The number of carbonyl (C=O) groups excluding carboxylic acids is 2. The highest BCUT2D eigenvalue weighted by Crippen LogP contribution is 2.42. The van der Waals surface area contributed by atoms with Gasteiger partial charge in [-0.3, -0.25) is 9.59 Å². The number of rotatable bonds is 4. The number of allylic oxidation sites excluding steroid dienone is 1. The number of nitrogens with two attached hydrogens (primary N) is 1. The lowest BCUT2D eigenvalue weighted by atomic mass is 9.82. The highest BCUT2D eigenvalue weighted by atomic mass is 16.5. The molecule has 0 heterocycles. The highest BCUT2D eigenvalue weighted by molar-refractivity contribution is 6.31. The summed E-state index contributed by atoms with van der Waals surface area (Å²) in [5.74, 6) is -0.572. The molecule has 4 rings (SSSR count). The van der Waals surface area contributed by atoms with Gasteiger partial charge in [0.2, 0.25) is 0 Å². The fraction of sp³-hybridized carbons (Fsp3) is 0.0435. The molecule has 3 aromatic carbocycles. The van der Waals surface area contributed by atoms with Crippen LogP contribution in [0.1, 0.15) is 37.4 Å². The SMILES string of the molecule is C=CCc1ccc(Oc2cc(O)c3c(c2N)C(=O)c2ccccc2C3=O)cc1. The number of nitrogen functional groups attached to an aromatic ring is 1. The van der Waals surface area contributed by atoms with E-state index in [1.807, 2.05) is 12.1 Å². The van der Waals surface area contributed by atoms with Gasteiger partial charge < -0.3 is 15.6 Å². The zero-order valence-electron chi connectivity index (χ0n) is 14.9. The highest BCUT2D eigenvalue weighted by Gasteiger charge is 2.35. The number of carbonyl (C=O) groups is 2. The minimum absolute atomic E-state index is 0.0239. The van der Waals surface area contributed by atoms with Crippen molar-refractivity contribution in [2.45, 2.75) is 6.42 Å². The Bertz CT molecular complexity index is 1130. The topological polar surface area (TPSA) is 89.6 Å². The number of ketones is 2. The molecule has 0 amide bonds. The van der Waals surface area contributed by atoms with Crippen molar-refractivity contribution in [3.05, 3.63) is 95.1 Å². The Hall–Kier alpha value is -3.86. The van der Waals surface area contributed by atoms with E-state index in [1.165, 1.54) is 6.07 Å². The Morgan fingerprint density at radius 1 is 0.964 bits per heavy atom. The van der Waals surface area contributed by atoms with Crippen molar-refractivity contribution < 1.29 is 19.4 Å². The van der Waals surface area contributed by atoms with E-state index in [0.717, 1.165) is 12.0 Å². The third-order valence-electron chi connectivity index (χ3n) is 4.71. The largest absolute Gasteiger partial charge is 0.507 e. The van der Waals surface area contributed by atoms with Crippen molar-refractivity contribution >= 4 is 17.3 Å². The molecule has 0 saturated heterocycles. The molecule has 0 aliphatic heterocycles. The summed E-state index contributed by atoms with van der Waals surface area (Å²) in [6.07, 6.45) is 2.54. The molecule has 0 atom stereocenters. The van der Waals surface area contributed by atoms with Gasteiger partial charge >= 0.3 is 0 Å². The lowest BCUT2D eigenvalue weighted by molar-refractivity contribution is 0.0977. The van der Waals surface area contributed by atoms with Crippen molar-refractivity contribution in [2.75, 3.05) is 5.73 Å². The van der Waals surface area contributed by atoms with Crippen molar-refractivity contribution in [1.82, 2.24) is 0 Å². The molecule has 0 saturated carbocycles. The van der Waals surface area contributed by atoms with Crippen molar-refractivity contribution in [1.29, 1.82) is 0 Å². The molecule has 1 aliphatic carbocycles. The van der Waals surface area contributed by atoms with Crippen LogP contribution >= 0.6 is 0 Å². The lowest BCUT2D eigenvalue weighted by Crippen LogP contribution is -2.22. The number of ether oxygens (including phenoxy) is 1. The van der Waals surface area contributed by atoms with Crippen LogP contribution in [0.15, 0.2) is 67.3 Å². The number of benzene rings is 3. The second-order valence-corrected chi connectivity index (χ2v) is 6.50. The van der Waals surface area contributed by atoms with Crippen LogP contribution in [0.25, 0.3) is 0 Å². The maximum Gasteiger partial charge on any atom is 0.198 e. The first-order chi connectivity index (χ1) is 13.5. The van der Waals surface area contributed by atoms with Gasteiger partial charge in [0, 0.05) is 17.2 Å². The first kappa shape index (κ1) is 17.5. The van der Waals surface area contributed by atoms with E-state index < -0.39 is 11.6 Å². The van der Waals surface area contributed by atoms with E-state index in [2.05, 4.69) is 6.58 Å². The molecular weight excluding hydrogens is 354 g/mol. The Morgan fingerprint density at radius 2 is 1.57 bits per heavy atom. The predicted octanol–water partition coefficient (Wildman–Crippen LogP) is 4.27. The first-order valence-electron chi connectivity index (χ1n) is 8.72. The average molecular weight is 371 g/mol. The van der Waals surface area contributed by atoms with Crippen LogP contribution in [0.4, 0.5) is 5.69 Å². The molecule has 3 aromatic rings. The molecule has 0 fully saturated rings. The summed E-state index contributed by atoms with van der Waals surface area (Å²) in [4.78, 5) is 25.7. The van der Waals surface area contributed by atoms with E-state index in [-0.39, 0.29) is 39.4 Å². The summed E-state index contributed by atoms with van der Waals surface area (Å²) in [7, 11) is 0. The van der Waals surface area contributed by atoms with Crippen LogP contribution in [-0.4, -0.2) is 16.7 Å². The second kappa shape index (κ2) is 6.70. The fourth-order valence-electron chi connectivity index (χ4n) is 3.35. The summed E-state index contributed by atoms with van der Waals surface area (Å²) >= 11 is 0. The van der Waals surface area contributed by atoms with E-state index in [9.17, 15) is 14.7 Å². The van der Waals surface area contributed by atoms with Crippen LogP contribution in [0.3, 0.4) is 0 Å². The Balaban J connectivity index is 1.78. The van der Waals surface area contributed by atoms with Gasteiger partial charge in [-0.1, -0.05) is 42.5 Å². The third kappa shape index (κ3) is 2.74. The standard InChI is InChI=1S/C23H17NO4/c1-2-5-13-8-10-14(11-9-13)28-18-12-17(25)19-20(21(18)24)23(27)16-7-4-3-6-15(16)22(19)26/h2-4,6-12,25H,1,5,24H2. The monoisotopic (exact) mass is 371 g/mol. The molecule has 138 valence electrons. The zero-order valence-corrected chi connectivity index (χ0v) is 14.9. The maximum atomic E-state index is 12.9. The van der Waals surface area contributed by atoms with Crippen molar-refractivity contribution in [2.24, 2.45) is 0 Å². The summed E-state index contributed by atoms with van der Waals surface area (Å²) in [6.45, 7) is 3.70. The molecule has 1 aliphatic rings. The van der Waals surface area contributed by atoms with Crippen LogP contribution in [-0.2, 0) is 6.42 Å². The second-order valence-electron chi connectivity index (χ2n) is 6.50. The molecule has 5 nitrogen and oxygen atoms in total. The summed E-state index contributed by atoms with van der Waals surface area (Å²) in [5.41, 5.74) is 7.68. The van der Waals surface area contributed by atoms with Crippen molar-refractivity contribution in [3.8, 4) is 17.2 Å². The van der Waals surface area contributed by atoms with Gasteiger partial charge in [0.1, 0.15) is 11.5 Å². The first-order valence-corrected chi connectivity index (χ1v) is 8.72. The molecule has 0 aromatic heterocycles. The lowest BCUT2D eigenvalue weighted by Gasteiger charge is -2.21. The van der Waals surface area contributed by atoms with Gasteiger partial charge in [0.05, 0.1) is 16.8 Å². The molecule has 0 bridgehead atoms. The smallest absolute Gasteiger partial charge is 0.198 e. The Labute approximate surface area is 161 Å². The Morgan fingerprint density at radius 3 is 2.18 bits per heavy atom. The molecular formula is C23H17NO4. The number of hydrogen-bond acceptors (Lipinski definition) is 5. The van der Waals surface area contributed by atoms with Gasteiger partial charge in [-0.05, 0) is 24.1 Å². The molecule has 5 heteroatoms. The van der Waals surface area contributed by atoms with Crippen LogP contribution in [0.2, 0.25) is 0 Å². The number of anilines is 1. The minimum Gasteiger partial charge on any atom is -0.507 e. The zero-order chi connectivity index (χ0) is 19.8. The van der Waals surface area contributed by atoms with E-state index >= 15 is 0 Å². The number of fused-ring (bicyclic) bond motifs is 2. The fourth-order valence-corrected chi connectivity index (χ4v) is 3.35. The van der Waals surface area contributed by atoms with Crippen LogP contribution in [0, 0.1) is 0 Å². The molecule has 0 spiro atoms. The van der Waals surface area contributed by atoms with Gasteiger partial charge in [-0.25, -0.2) is 0 Å². The average Bonchev–Trinajstić information content (AvgIpc) is 2.70. The number of phenolic OH excluding ortho intramolecular Hbond substituents is 1. The molecule has 3 N–H and O–H groups in total. The molecule has 0 radical (unpaired) electrons. The van der Waals surface area contributed by atoms with E-state index in [0.29, 0.717) is 5.75 Å². The van der Waals surface area contributed by atoms with E-state index in [4.69, 9.17) is 10.5 Å². The van der Waals surface area contributed by atoms with Gasteiger partial charge in [0.25, 0.3) is 0 Å². The van der Waals surface area contributed by atoms with Crippen LogP contribution in [0.5, 0.6) is 17.2 Å². The molecule has 0 unspecified atom stereocenters. The summed E-state index contributed by atoms with van der Waals surface area (Å²) in [5, 5.41) is 10.4. The maximum absolute atomic E-state index is 12.9. The Kier molecular flexibility index (Phi) is 4.20. The van der Waals surface area contributed by atoms with Gasteiger partial charge in [-0.2, -0.15) is 0 Å². The number of hydrogen-bond donors (Lipinski definition) is 2. The van der Waals surface area contributed by atoms with Crippen molar-refractivity contribution in [3.63, 3.8) is 0 Å². The third-order valence-corrected chi connectivity index (χ3v) is 4.71. The predicted molar refractivity (Wildman–Crippen MR) is 106 cm³/mol. The quantitative estimate of drug-likeness (QED) is 0.318. The minimum atomic E-state index is -0.435. The number of phenols is 1. The van der Waals surface area contributed by atoms with E-state index in [1.54, 1.807) is 42.5 Å². The summed E-state index contributed by atoms with van der Waals surface area (Å²) in [6, 6.07) is 15.0.